The van der Waals surface area contributed by atoms with Crippen molar-refractivity contribution in [2.45, 2.75) is 31.8 Å². The fourth-order valence-electron chi connectivity index (χ4n) is 2.30. The second kappa shape index (κ2) is 8.25. The molecule has 4 N–H and O–H groups in total. The van der Waals surface area contributed by atoms with Gasteiger partial charge in [0.25, 0.3) is 0 Å². The molecule has 1 atom stereocenters. The highest BCUT2D eigenvalue weighted by molar-refractivity contribution is 5.50. The normalized spacial score (nSPS) is 12.6. The van der Waals surface area contributed by atoms with Crippen molar-refractivity contribution in [2.75, 3.05) is 0 Å². The first-order valence-corrected chi connectivity index (χ1v) is 7.69. The molecule has 0 unspecified atom stereocenters. The summed E-state index contributed by atoms with van der Waals surface area (Å²) >= 11 is 0. The smallest absolute Gasteiger partial charge is 0.157 e. The average Bonchev–Trinajstić information content (AvgIpc) is 2.54. The number of hydrogen-bond acceptors (Lipinski definition) is 4. The van der Waals surface area contributed by atoms with Crippen LogP contribution in [-0.2, 0) is 6.42 Å². The summed E-state index contributed by atoms with van der Waals surface area (Å²) in [5, 5.41) is 37.9. The maximum Gasteiger partial charge on any atom is 0.157 e. The zero-order valence-electron chi connectivity index (χ0n) is 12.9. The van der Waals surface area contributed by atoms with Crippen molar-refractivity contribution in [1.82, 2.24) is 0 Å². The largest absolute Gasteiger partial charge is 0.508 e. The average molecular weight is 314 g/mol. The lowest BCUT2D eigenvalue weighted by atomic mass is 10.0. The number of aryl methyl sites for hydroxylation is 1. The van der Waals surface area contributed by atoms with Gasteiger partial charge < -0.3 is 20.4 Å². The van der Waals surface area contributed by atoms with Gasteiger partial charge in [-0.3, -0.25) is 0 Å². The van der Waals surface area contributed by atoms with Gasteiger partial charge in [0.05, 0.1) is 6.10 Å². The SMILES string of the molecule is Oc1ccc(/C=C/CC[C@@H](O)CCc2ccc(O)c(O)c2)cc1. The van der Waals surface area contributed by atoms with Gasteiger partial charge in [0, 0.05) is 0 Å². The Bertz CT molecular complexity index is 647. The van der Waals surface area contributed by atoms with E-state index >= 15 is 0 Å². The zero-order valence-corrected chi connectivity index (χ0v) is 12.9. The van der Waals surface area contributed by atoms with Gasteiger partial charge in [-0.05, 0) is 61.1 Å². The van der Waals surface area contributed by atoms with Crippen LogP contribution >= 0.6 is 0 Å². The topological polar surface area (TPSA) is 80.9 Å². The predicted octanol–water partition coefficient (Wildman–Crippen LogP) is 3.59. The number of aliphatic hydroxyl groups excluding tert-OH is 1. The third-order valence-electron chi connectivity index (χ3n) is 3.68. The summed E-state index contributed by atoms with van der Waals surface area (Å²) in [5.74, 6) is -0.0136. The number of hydrogen-bond donors (Lipinski definition) is 4. The lowest BCUT2D eigenvalue weighted by molar-refractivity contribution is 0.156. The Morgan fingerprint density at radius 1 is 0.870 bits per heavy atom. The van der Waals surface area contributed by atoms with Gasteiger partial charge in [0.15, 0.2) is 11.5 Å². The highest BCUT2D eigenvalue weighted by Gasteiger charge is 2.05. The Kier molecular flexibility index (Phi) is 6.06. The molecule has 0 fully saturated rings. The van der Waals surface area contributed by atoms with Crippen LogP contribution in [0, 0.1) is 0 Å². The molecule has 2 aromatic rings. The zero-order chi connectivity index (χ0) is 16.7. The van der Waals surface area contributed by atoms with E-state index in [1.54, 1.807) is 18.2 Å². The molecule has 0 bridgehead atoms. The van der Waals surface area contributed by atoms with Crippen LogP contribution in [0.4, 0.5) is 0 Å². The van der Waals surface area contributed by atoms with E-state index in [1.807, 2.05) is 24.3 Å². The second-order valence-corrected chi connectivity index (χ2v) is 5.59. The van der Waals surface area contributed by atoms with Gasteiger partial charge >= 0.3 is 0 Å². The molecule has 23 heavy (non-hydrogen) atoms. The van der Waals surface area contributed by atoms with E-state index in [-0.39, 0.29) is 17.2 Å². The van der Waals surface area contributed by atoms with Crippen molar-refractivity contribution >= 4 is 6.08 Å². The van der Waals surface area contributed by atoms with E-state index in [2.05, 4.69) is 0 Å². The molecule has 0 radical (unpaired) electrons. The molecule has 0 amide bonds. The van der Waals surface area contributed by atoms with Gasteiger partial charge in [0.2, 0.25) is 0 Å². The third-order valence-corrected chi connectivity index (χ3v) is 3.68. The quantitative estimate of drug-likeness (QED) is 0.589. The van der Waals surface area contributed by atoms with Crippen LogP contribution in [0.1, 0.15) is 30.4 Å². The minimum Gasteiger partial charge on any atom is -0.508 e. The van der Waals surface area contributed by atoms with E-state index in [0.717, 1.165) is 17.5 Å². The number of benzene rings is 2. The Balaban J connectivity index is 1.71. The Morgan fingerprint density at radius 3 is 2.30 bits per heavy atom. The number of aromatic hydroxyl groups is 3. The molecule has 0 aromatic heterocycles. The van der Waals surface area contributed by atoms with Crippen LogP contribution < -0.4 is 0 Å². The van der Waals surface area contributed by atoms with Gasteiger partial charge in [-0.25, -0.2) is 0 Å². The molecular weight excluding hydrogens is 292 g/mol. The fraction of sp³-hybridized carbons (Fsp3) is 0.263. The Hall–Kier alpha value is -2.46. The van der Waals surface area contributed by atoms with Gasteiger partial charge in [-0.1, -0.05) is 30.4 Å². The van der Waals surface area contributed by atoms with Crippen molar-refractivity contribution in [3.63, 3.8) is 0 Å². The summed E-state index contributed by atoms with van der Waals surface area (Å²) in [7, 11) is 0. The molecule has 0 aliphatic rings. The van der Waals surface area contributed by atoms with Crippen LogP contribution in [-0.4, -0.2) is 26.5 Å². The fourth-order valence-corrected chi connectivity index (χ4v) is 2.30. The van der Waals surface area contributed by atoms with E-state index in [9.17, 15) is 20.4 Å². The van der Waals surface area contributed by atoms with Crippen LogP contribution in [0.5, 0.6) is 17.2 Å². The van der Waals surface area contributed by atoms with E-state index in [1.165, 1.54) is 12.1 Å². The third kappa shape index (κ3) is 5.68. The minimum absolute atomic E-state index is 0.131. The first-order valence-electron chi connectivity index (χ1n) is 7.69. The van der Waals surface area contributed by atoms with Crippen LogP contribution in [0.3, 0.4) is 0 Å². The lowest BCUT2D eigenvalue weighted by Gasteiger charge is -2.09. The molecule has 0 spiro atoms. The number of allylic oxidation sites excluding steroid dienone is 1. The number of aliphatic hydroxyl groups is 1. The van der Waals surface area contributed by atoms with Gasteiger partial charge in [0.1, 0.15) is 5.75 Å². The van der Waals surface area contributed by atoms with Crippen molar-refractivity contribution in [1.29, 1.82) is 0 Å². The van der Waals surface area contributed by atoms with Crippen LogP contribution in [0.25, 0.3) is 6.08 Å². The molecule has 0 aliphatic heterocycles. The Labute approximate surface area is 136 Å². The molecule has 2 aromatic carbocycles. The first kappa shape index (κ1) is 16.9. The summed E-state index contributed by atoms with van der Waals surface area (Å²) in [5.41, 5.74) is 1.90. The van der Waals surface area contributed by atoms with Crippen molar-refractivity contribution < 1.29 is 20.4 Å². The molecule has 0 aliphatic carbocycles. The predicted molar refractivity (Wildman–Crippen MR) is 90.5 cm³/mol. The molecule has 122 valence electrons. The van der Waals surface area contributed by atoms with E-state index in [4.69, 9.17) is 0 Å². The van der Waals surface area contributed by atoms with E-state index in [0.29, 0.717) is 19.3 Å². The molecule has 4 nitrogen and oxygen atoms in total. The number of phenolic OH excluding ortho intramolecular Hbond substituents is 3. The standard InChI is InChI=1S/C19H22O4/c20-16(11-7-15-8-12-18(22)19(23)13-15)4-2-1-3-14-5-9-17(21)10-6-14/h1,3,5-6,8-10,12-13,16,20-23H,2,4,7,11H2/b3-1+/t16-/m1/s1. The van der Waals surface area contributed by atoms with Crippen LogP contribution in [0.2, 0.25) is 0 Å². The number of phenols is 3. The molecule has 2 rings (SSSR count). The van der Waals surface area contributed by atoms with Crippen molar-refractivity contribution in [3.8, 4) is 17.2 Å². The van der Waals surface area contributed by atoms with E-state index < -0.39 is 6.10 Å². The summed E-state index contributed by atoms with van der Waals surface area (Å²) in [6, 6.07) is 11.7. The van der Waals surface area contributed by atoms with Gasteiger partial charge in [-0.2, -0.15) is 0 Å². The molecule has 0 saturated carbocycles. The Morgan fingerprint density at radius 2 is 1.61 bits per heavy atom. The number of rotatable bonds is 7. The minimum atomic E-state index is -0.407. The van der Waals surface area contributed by atoms with Gasteiger partial charge in [-0.15, -0.1) is 0 Å². The second-order valence-electron chi connectivity index (χ2n) is 5.59. The summed E-state index contributed by atoms with van der Waals surface area (Å²) in [4.78, 5) is 0. The highest BCUT2D eigenvalue weighted by atomic mass is 16.3. The molecule has 0 heterocycles. The summed E-state index contributed by atoms with van der Waals surface area (Å²) in [6.45, 7) is 0. The summed E-state index contributed by atoms with van der Waals surface area (Å²) < 4.78 is 0. The molecule has 4 heteroatoms. The molecular formula is C19H22O4. The van der Waals surface area contributed by atoms with Crippen molar-refractivity contribution in [2.24, 2.45) is 0 Å². The monoisotopic (exact) mass is 314 g/mol. The first-order chi connectivity index (χ1) is 11.0. The van der Waals surface area contributed by atoms with Crippen molar-refractivity contribution in [3.05, 3.63) is 59.7 Å². The maximum atomic E-state index is 9.99. The van der Waals surface area contributed by atoms with Crippen LogP contribution in [0.15, 0.2) is 48.5 Å². The highest BCUT2D eigenvalue weighted by Crippen LogP contribution is 2.25. The maximum absolute atomic E-state index is 9.99. The molecule has 0 saturated heterocycles. The lowest BCUT2D eigenvalue weighted by Crippen LogP contribution is -2.07. The summed E-state index contributed by atoms with van der Waals surface area (Å²) in [6.07, 6.45) is 6.25.